The quantitative estimate of drug-likeness (QED) is 0.564. The Morgan fingerprint density at radius 1 is 1.06 bits per heavy atom. The number of nitrogens with one attached hydrogen (secondary N) is 1. The van der Waals surface area contributed by atoms with Gasteiger partial charge in [-0.05, 0) is 57.5 Å². The van der Waals surface area contributed by atoms with Crippen LogP contribution in [0.4, 0.5) is 10.5 Å². The van der Waals surface area contributed by atoms with Crippen LogP contribution >= 0.6 is 0 Å². The maximum absolute atomic E-state index is 11.4. The van der Waals surface area contributed by atoms with Crippen molar-refractivity contribution in [2.75, 3.05) is 26.0 Å². The molecule has 2 aliphatic rings. The van der Waals surface area contributed by atoms with E-state index in [9.17, 15) is 19.8 Å². The Kier molecular flexibility index (Phi) is 6.97. The third-order valence-corrected chi connectivity index (χ3v) is 7.28. The molecule has 1 saturated heterocycles. The predicted octanol–water partition coefficient (Wildman–Crippen LogP) is 4.08. The molecule has 1 saturated carbocycles. The summed E-state index contributed by atoms with van der Waals surface area (Å²) in [5.74, 6) is -0.542. The van der Waals surface area contributed by atoms with Crippen LogP contribution in [0, 0.1) is 0 Å². The van der Waals surface area contributed by atoms with Crippen LogP contribution < -0.4 is 10.1 Å². The number of carboxylic acids is 1. The summed E-state index contributed by atoms with van der Waals surface area (Å²) in [6.07, 6.45) is 2.59. The predicted molar refractivity (Wildman–Crippen MR) is 129 cm³/mol. The molecule has 0 aromatic heterocycles. The minimum Gasteiger partial charge on any atom is -0.488 e. The second kappa shape index (κ2) is 9.93. The number of carboxylic acid groups (broad SMARTS) is 2. The summed E-state index contributed by atoms with van der Waals surface area (Å²) >= 11 is 0. The number of amides is 1. The van der Waals surface area contributed by atoms with Crippen molar-refractivity contribution in [2.24, 2.45) is 0 Å². The van der Waals surface area contributed by atoms with Gasteiger partial charge in [0.25, 0.3) is 0 Å². The zero-order valence-corrected chi connectivity index (χ0v) is 19.7. The molecular weight excluding hydrogens is 434 g/mol. The Morgan fingerprint density at radius 3 is 2.35 bits per heavy atom. The Morgan fingerprint density at radius 2 is 1.76 bits per heavy atom. The van der Waals surface area contributed by atoms with Crippen molar-refractivity contribution in [3.05, 3.63) is 60.2 Å². The number of carbonyl (C=O) groups is 2. The van der Waals surface area contributed by atoms with Gasteiger partial charge >= 0.3 is 12.1 Å². The molecule has 2 atom stereocenters. The number of likely N-dealkylation sites (tertiary alicyclic amines) is 1. The van der Waals surface area contributed by atoms with E-state index in [1.54, 1.807) is 0 Å². The number of aliphatic carboxylic acids is 1. The van der Waals surface area contributed by atoms with E-state index in [0.717, 1.165) is 36.3 Å². The molecule has 3 N–H and O–H groups in total. The van der Waals surface area contributed by atoms with Gasteiger partial charge in [-0.2, -0.15) is 0 Å². The van der Waals surface area contributed by atoms with E-state index in [1.165, 1.54) is 5.56 Å². The van der Waals surface area contributed by atoms with E-state index in [4.69, 9.17) is 4.74 Å². The lowest BCUT2D eigenvalue weighted by molar-refractivity contribution is -0.141. The standard InChI is InChI=1S/C26H33N3O5/c1-28(2)26(18-7-4-3-5-8-18)13-11-19(12-14-26)27-20-9-6-10-21(15-20)34-22-16-23(24(30)31)29(17-22)25(32)33/h3-10,15,19,22-23,27H,11-14,16-17H2,1-2H3,(H,30,31)(H,32,33)/t19?,22-,23-,26?/m0/s1. The summed E-state index contributed by atoms with van der Waals surface area (Å²) < 4.78 is 5.97. The summed E-state index contributed by atoms with van der Waals surface area (Å²) in [5, 5.41) is 22.2. The molecule has 1 amide bonds. The normalized spacial score (nSPS) is 26.9. The van der Waals surface area contributed by atoms with Gasteiger partial charge in [0.05, 0.1) is 6.54 Å². The fraction of sp³-hybridized carbons (Fsp3) is 0.462. The smallest absolute Gasteiger partial charge is 0.408 e. The molecule has 2 fully saturated rings. The Balaban J connectivity index is 1.37. The van der Waals surface area contributed by atoms with Crippen LogP contribution in [-0.2, 0) is 10.3 Å². The van der Waals surface area contributed by atoms with Crippen molar-refractivity contribution in [3.63, 3.8) is 0 Å². The van der Waals surface area contributed by atoms with Crippen molar-refractivity contribution < 1.29 is 24.5 Å². The van der Waals surface area contributed by atoms with Crippen molar-refractivity contribution in [1.29, 1.82) is 0 Å². The van der Waals surface area contributed by atoms with Gasteiger partial charge in [0, 0.05) is 29.8 Å². The van der Waals surface area contributed by atoms with E-state index in [2.05, 4.69) is 54.6 Å². The average molecular weight is 468 g/mol. The van der Waals surface area contributed by atoms with Gasteiger partial charge in [-0.3, -0.25) is 9.80 Å². The fourth-order valence-corrected chi connectivity index (χ4v) is 5.40. The number of hydrogen-bond donors (Lipinski definition) is 3. The SMILES string of the molecule is CN(C)C1(c2ccccc2)CCC(Nc2cccc(O[C@H]3C[C@@H](C(=O)O)N(C(=O)O)C3)c2)CC1. The zero-order chi connectivity index (χ0) is 24.3. The Bertz CT molecular complexity index is 983. The number of benzene rings is 2. The first-order chi connectivity index (χ1) is 16.3. The number of anilines is 1. The third kappa shape index (κ3) is 4.97. The van der Waals surface area contributed by atoms with Gasteiger partial charge < -0.3 is 20.3 Å². The minimum atomic E-state index is -1.24. The lowest BCUT2D eigenvalue weighted by atomic mass is 9.74. The van der Waals surface area contributed by atoms with Gasteiger partial charge in [-0.25, -0.2) is 9.59 Å². The van der Waals surface area contributed by atoms with Crippen LogP contribution in [0.15, 0.2) is 54.6 Å². The highest BCUT2D eigenvalue weighted by Gasteiger charge is 2.41. The number of ether oxygens (including phenoxy) is 1. The molecule has 2 aromatic rings. The van der Waals surface area contributed by atoms with Gasteiger partial charge in [0.1, 0.15) is 17.9 Å². The van der Waals surface area contributed by atoms with Crippen LogP contribution in [0.1, 0.15) is 37.7 Å². The molecule has 34 heavy (non-hydrogen) atoms. The van der Waals surface area contributed by atoms with Crippen LogP contribution in [0.25, 0.3) is 0 Å². The van der Waals surface area contributed by atoms with Crippen LogP contribution in [0.5, 0.6) is 5.75 Å². The lowest BCUT2D eigenvalue weighted by Crippen LogP contribution is -2.46. The molecule has 8 heteroatoms. The number of rotatable bonds is 7. The minimum absolute atomic E-state index is 0.0404. The van der Waals surface area contributed by atoms with Crippen LogP contribution in [0.2, 0.25) is 0 Å². The number of hydrogen-bond acceptors (Lipinski definition) is 5. The largest absolute Gasteiger partial charge is 0.488 e. The molecule has 0 unspecified atom stereocenters. The summed E-state index contributed by atoms with van der Waals surface area (Å²) in [4.78, 5) is 26.0. The third-order valence-electron chi connectivity index (χ3n) is 7.28. The van der Waals surface area contributed by atoms with Gasteiger partial charge in [-0.15, -0.1) is 0 Å². The molecule has 1 aliphatic heterocycles. The average Bonchev–Trinajstić information content (AvgIpc) is 3.25. The zero-order valence-electron chi connectivity index (χ0n) is 19.7. The molecule has 182 valence electrons. The molecule has 0 radical (unpaired) electrons. The Hall–Kier alpha value is -3.26. The molecular formula is C26H33N3O5. The molecule has 8 nitrogen and oxygen atoms in total. The summed E-state index contributed by atoms with van der Waals surface area (Å²) in [5.41, 5.74) is 2.35. The molecule has 2 aromatic carbocycles. The van der Waals surface area contributed by atoms with Crippen LogP contribution in [-0.4, -0.2) is 70.9 Å². The van der Waals surface area contributed by atoms with Crippen molar-refractivity contribution >= 4 is 17.7 Å². The highest BCUT2D eigenvalue weighted by atomic mass is 16.5. The Labute approximate surface area is 200 Å². The van der Waals surface area contributed by atoms with E-state index in [0.29, 0.717) is 11.8 Å². The monoisotopic (exact) mass is 467 g/mol. The van der Waals surface area contributed by atoms with Crippen molar-refractivity contribution in [1.82, 2.24) is 9.80 Å². The first kappa shape index (κ1) is 23.9. The summed E-state index contributed by atoms with van der Waals surface area (Å²) in [6, 6.07) is 17.6. The second-order valence-corrected chi connectivity index (χ2v) is 9.50. The lowest BCUT2D eigenvalue weighted by Gasteiger charge is -2.46. The summed E-state index contributed by atoms with van der Waals surface area (Å²) in [6.45, 7) is 0.0404. The maximum Gasteiger partial charge on any atom is 0.408 e. The van der Waals surface area contributed by atoms with E-state index in [1.807, 2.05) is 24.3 Å². The molecule has 1 heterocycles. The van der Waals surface area contributed by atoms with Gasteiger partial charge in [0.2, 0.25) is 0 Å². The highest BCUT2D eigenvalue weighted by Crippen LogP contribution is 2.41. The van der Waals surface area contributed by atoms with Crippen molar-refractivity contribution in [2.45, 2.75) is 55.8 Å². The highest BCUT2D eigenvalue weighted by molar-refractivity contribution is 5.80. The van der Waals surface area contributed by atoms with Crippen molar-refractivity contribution in [3.8, 4) is 5.75 Å². The summed E-state index contributed by atoms with van der Waals surface area (Å²) in [7, 11) is 4.32. The van der Waals surface area contributed by atoms with E-state index in [-0.39, 0.29) is 18.5 Å². The second-order valence-electron chi connectivity index (χ2n) is 9.50. The fourth-order valence-electron chi connectivity index (χ4n) is 5.40. The maximum atomic E-state index is 11.4. The van der Waals surface area contributed by atoms with Crippen LogP contribution in [0.3, 0.4) is 0 Å². The first-order valence-electron chi connectivity index (χ1n) is 11.8. The van der Waals surface area contributed by atoms with E-state index >= 15 is 0 Å². The van der Waals surface area contributed by atoms with E-state index < -0.39 is 24.2 Å². The first-order valence-corrected chi connectivity index (χ1v) is 11.8. The number of nitrogens with zero attached hydrogens (tertiary/aromatic N) is 2. The molecule has 0 spiro atoms. The molecule has 4 rings (SSSR count). The topological polar surface area (TPSA) is 102 Å². The van der Waals surface area contributed by atoms with Gasteiger partial charge in [0.15, 0.2) is 0 Å². The molecule has 0 bridgehead atoms. The molecule has 1 aliphatic carbocycles. The van der Waals surface area contributed by atoms with Gasteiger partial charge in [-0.1, -0.05) is 36.4 Å².